The van der Waals surface area contributed by atoms with Crippen LogP contribution in [0.5, 0.6) is 0 Å². The Morgan fingerprint density at radius 2 is 1.92 bits per heavy atom. The Bertz CT molecular complexity index is 597. The first kappa shape index (κ1) is 17.0. The second-order valence-corrected chi connectivity index (χ2v) is 6.48. The molecular weight excluding hydrogens is 313 g/mol. The molecule has 24 heavy (non-hydrogen) atoms. The molecule has 1 aromatic rings. The average Bonchev–Trinajstić information content (AvgIpc) is 2.57. The summed E-state index contributed by atoms with van der Waals surface area (Å²) in [5, 5.41) is 12.8. The van der Waals surface area contributed by atoms with Crippen LogP contribution in [-0.4, -0.2) is 68.5 Å². The smallest absolute Gasteiger partial charge is 0.337 e. The number of nitrogens with one attached hydrogen (secondary N) is 1. The summed E-state index contributed by atoms with van der Waals surface area (Å²) in [5.41, 5.74) is 0.827. The summed E-state index contributed by atoms with van der Waals surface area (Å²) < 4.78 is 19.8. The average molecular weight is 337 g/mol. The fourth-order valence-electron chi connectivity index (χ4n) is 3.28. The van der Waals surface area contributed by atoms with E-state index in [1.165, 1.54) is 12.1 Å². The SMILES string of the molecule is CN1CCC(Nc2cc(F)c(N3CCOCC3)cc2C(=O)O)CC1. The molecule has 0 aromatic heterocycles. The number of morpholine rings is 1. The molecule has 2 aliphatic rings. The highest BCUT2D eigenvalue weighted by Gasteiger charge is 2.23. The Morgan fingerprint density at radius 3 is 2.54 bits per heavy atom. The van der Waals surface area contributed by atoms with Crippen molar-refractivity contribution in [2.45, 2.75) is 18.9 Å². The number of hydrogen-bond acceptors (Lipinski definition) is 5. The Kier molecular flexibility index (Phi) is 5.20. The molecule has 2 N–H and O–H groups in total. The number of hydrogen-bond donors (Lipinski definition) is 2. The maximum absolute atomic E-state index is 14.6. The summed E-state index contributed by atoms with van der Waals surface area (Å²) >= 11 is 0. The number of carboxylic acids is 1. The van der Waals surface area contributed by atoms with E-state index < -0.39 is 11.8 Å². The first-order chi connectivity index (χ1) is 11.5. The molecule has 0 atom stereocenters. The van der Waals surface area contributed by atoms with Crippen LogP contribution in [0.2, 0.25) is 0 Å². The van der Waals surface area contributed by atoms with Gasteiger partial charge in [-0.25, -0.2) is 9.18 Å². The monoisotopic (exact) mass is 337 g/mol. The van der Waals surface area contributed by atoms with Crippen LogP contribution in [0.15, 0.2) is 12.1 Å². The van der Waals surface area contributed by atoms with Gasteiger partial charge in [0.25, 0.3) is 0 Å². The van der Waals surface area contributed by atoms with E-state index in [1.807, 2.05) is 4.90 Å². The molecule has 2 aliphatic heterocycles. The van der Waals surface area contributed by atoms with Gasteiger partial charge < -0.3 is 25.0 Å². The van der Waals surface area contributed by atoms with Gasteiger partial charge in [0.2, 0.25) is 0 Å². The van der Waals surface area contributed by atoms with Crippen LogP contribution in [0.3, 0.4) is 0 Å². The minimum atomic E-state index is -1.04. The number of carboxylic acid groups (broad SMARTS) is 1. The minimum Gasteiger partial charge on any atom is -0.478 e. The molecule has 2 heterocycles. The molecule has 0 aliphatic carbocycles. The molecule has 7 heteroatoms. The number of aromatic carboxylic acids is 1. The molecular formula is C17H24FN3O3. The first-order valence-corrected chi connectivity index (χ1v) is 8.39. The van der Waals surface area contributed by atoms with Crippen molar-refractivity contribution in [1.82, 2.24) is 4.90 Å². The number of nitrogens with zero attached hydrogens (tertiary/aromatic N) is 2. The molecule has 3 rings (SSSR count). The summed E-state index contributed by atoms with van der Waals surface area (Å²) in [5.74, 6) is -1.43. The highest BCUT2D eigenvalue weighted by Crippen LogP contribution is 2.29. The Hall–Kier alpha value is -1.86. The van der Waals surface area contributed by atoms with E-state index in [0.717, 1.165) is 25.9 Å². The molecule has 132 valence electrons. The van der Waals surface area contributed by atoms with Crippen LogP contribution < -0.4 is 10.2 Å². The standard InChI is InChI=1S/C17H24FN3O3/c1-20-4-2-12(3-5-20)19-15-11-14(18)16(10-13(15)17(22)23)21-6-8-24-9-7-21/h10-12,19H,2-9H2,1H3,(H,22,23). The van der Waals surface area contributed by atoms with Crippen molar-refractivity contribution in [3.05, 3.63) is 23.5 Å². The number of rotatable bonds is 4. The zero-order valence-corrected chi connectivity index (χ0v) is 13.9. The lowest BCUT2D eigenvalue weighted by Gasteiger charge is -2.32. The van der Waals surface area contributed by atoms with Gasteiger partial charge in [0, 0.05) is 25.2 Å². The summed E-state index contributed by atoms with van der Waals surface area (Å²) in [6, 6.07) is 2.94. The van der Waals surface area contributed by atoms with Crippen molar-refractivity contribution in [1.29, 1.82) is 0 Å². The van der Waals surface area contributed by atoms with Crippen molar-refractivity contribution < 1.29 is 19.0 Å². The van der Waals surface area contributed by atoms with E-state index in [2.05, 4.69) is 17.3 Å². The summed E-state index contributed by atoms with van der Waals surface area (Å²) in [6.45, 7) is 4.09. The molecule has 0 spiro atoms. The first-order valence-electron chi connectivity index (χ1n) is 8.39. The summed E-state index contributed by atoms with van der Waals surface area (Å²) in [7, 11) is 2.07. The number of ether oxygens (including phenoxy) is 1. The lowest BCUT2D eigenvalue weighted by Crippen LogP contribution is -2.38. The van der Waals surface area contributed by atoms with Gasteiger partial charge in [0.15, 0.2) is 0 Å². The highest BCUT2D eigenvalue weighted by molar-refractivity contribution is 5.95. The molecule has 0 radical (unpaired) electrons. The van der Waals surface area contributed by atoms with Gasteiger partial charge in [0.1, 0.15) is 5.82 Å². The predicted octanol–water partition coefficient (Wildman–Crippen LogP) is 1.87. The highest BCUT2D eigenvalue weighted by atomic mass is 19.1. The van der Waals surface area contributed by atoms with Crippen molar-refractivity contribution in [3.63, 3.8) is 0 Å². The lowest BCUT2D eigenvalue weighted by molar-refractivity contribution is 0.0698. The fourth-order valence-corrected chi connectivity index (χ4v) is 3.28. The Balaban J connectivity index is 1.83. The maximum atomic E-state index is 14.6. The molecule has 2 saturated heterocycles. The Morgan fingerprint density at radius 1 is 1.25 bits per heavy atom. The third-order valence-electron chi connectivity index (χ3n) is 4.75. The van der Waals surface area contributed by atoms with Gasteiger partial charge >= 0.3 is 5.97 Å². The van der Waals surface area contributed by atoms with Crippen LogP contribution in [0, 0.1) is 5.82 Å². The van der Waals surface area contributed by atoms with Crippen LogP contribution in [-0.2, 0) is 4.74 Å². The second-order valence-electron chi connectivity index (χ2n) is 6.48. The second kappa shape index (κ2) is 7.36. The molecule has 0 unspecified atom stereocenters. The quantitative estimate of drug-likeness (QED) is 0.874. The predicted molar refractivity (Wildman–Crippen MR) is 90.5 cm³/mol. The van der Waals surface area contributed by atoms with Gasteiger partial charge in [-0.15, -0.1) is 0 Å². The van der Waals surface area contributed by atoms with Crippen molar-refractivity contribution in [3.8, 4) is 0 Å². The molecule has 0 bridgehead atoms. The van der Waals surface area contributed by atoms with E-state index in [0.29, 0.717) is 37.7 Å². The molecule has 6 nitrogen and oxygen atoms in total. The van der Waals surface area contributed by atoms with Gasteiger partial charge in [-0.05, 0) is 39.0 Å². The maximum Gasteiger partial charge on any atom is 0.337 e. The third-order valence-corrected chi connectivity index (χ3v) is 4.75. The van der Waals surface area contributed by atoms with E-state index >= 15 is 0 Å². The number of halogens is 1. The van der Waals surface area contributed by atoms with E-state index in [1.54, 1.807) is 0 Å². The van der Waals surface area contributed by atoms with Crippen molar-refractivity contribution in [2.75, 3.05) is 56.7 Å². The number of anilines is 2. The number of benzene rings is 1. The van der Waals surface area contributed by atoms with Crippen molar-refractivity contribution in [2.24, 2.45) is 0 Å². The third kappa shape index (κ3) is 3.79. The van der Waals surface area contributed by atoms with E-state index in [-0.39, 0.29) is 11.6 Å². The van der Waals surface area contributed by atoms with Crippen LogP contribution in [0.1, 0.15) is 23.2 Å². The molecule has 0 amide bonds. The van der Waals surface area contributed by atoms with Crippen LogP contribution in [0.4, 0.5) is 15.8 Å². The van der Waals surface area contributed by atoms with Gasteiger partial charge in [-0.2, -0.15) is 0 Å². The topological polar surface area (TPSA) is 65.0 Å². The minimum absolute atomic E-state index is 0.122. The van der Waals surface area contributed by atoms with Crippen molar-refractivity contribution >= 4 is 17.3 Å². The van der Waals surface area contributed by atoms with Gasteiger partial charge in [0.05, 0.1) is 30.2 Å². The Labute approximate surface area is 141 Å². The number of piperidine rings is 1. The normalized spacial score (nSPS) is 20.2. The van der Waals surface area contributed by atoms with E-state index in [9.17, 15) is 14.3 Å². The van der Waals surface area contributed by atoms with Gasteiger partial charge in [-0.1, -0.05) is 0 Å². The molecule has 1 aromatic carbocycles. The molecule has 2 fully saturated rings. The molecule has 0 saturated carbocycles. The summed E-state index contributed by atoms with van der Waals surface area (Å²) in [4.78, 5) is 15.7. The summed E-state index contributed by atoms with van der Waals surface area (Å²) in [6.07, 6.45) is 1.84. The number of likely N-dealkylation sites (tertiary alicyclic amines) is 1. The largest absolute Gasteiger partial charge is 0.478 e. The zero-order valence-electron chi connectivity index (χ0n) is 13.9. The van der Waals surface area contributed by atoms with Crippen LogP contribution in [0.25, 0.3) is 0 Å². The zero-order chi connectivity index (χ0) is 17.1. The van der Waals surface area contributed by atoms with Crippen LogP contribution >= 0.6 is 0 Å². The number of carbonyl (C=O) groups is 1. The van der Waals surface area contributed by atoms with Gasteiger partial charge in [-0.3, -0.25) is 0 Å². The lowest BCUT2D eigenvalue weighted by atomic mass is 10.0. The van der Waals surface area contributed by atoms with E-state index in [4.69, 9.17) is 4.74 Å². The fraction of sp³-hybridized carbons (Fsp3) is 0.588.